The van der Waals surface area contributed by atoms with Crippen molar-refractivity contribution in [1.82, 2.24) is 0 Å². The highest BCUT2D eigenvalue weighted by Gasteiger charge is 2.53. The largest absolute Gasteiger partial charge is 0.494 e. The molecule has 5 nitrogen and oxygen atoms in total. The van der Waals surface area contributed by atoms with Gasteiger partial charge in [-0.2, -0.15) is 0 Å². The highest BCUT2D eigenvalue weighted by molar-refractivity contribution is 14.1. The summed E-state index contributed by atoms with van der Waals surface area (Å²) in [6, 6.07) is 180. The van der Waals surface area contributed by atoms with Crippen LogP contribution in [0.1, 0.15) is 55.5 Å². The van der Waals surface area contributed by atoms with Crippen molar-refractivity contribution in [2.45, 2.75) is 44.3 Å². The Labute approximate surface area is 856 Å². The molecule has 20 aromatic rings. The van der Waals surface area contributed by atoms with Crippen molar-refractivity contribution in [2.75, 3.05) is 15.1 Å². The fourth-order valence-electron chi connectivity index (χ4n) is 18.5. The number of nitrogens with one attached hydrogen (secondary N) is 1. The molecule has 1 N–H and O–H groups in total. The molecule has 1 unspecified atom stereocenters. The lowest BCUT2D eigenvalue weighted by atomic mass is 9.70. The van der Waals surface area contributed by atoms with E-state index in [4.69, 9.17) is 9.31 Å². The minimum absolute atomic E-state index is 0.321. The van der Waals surface area contributed by atoms with Crippen molar-refractivity contribution in [2.24, 2.45) is 0 Å². The maximum absolute atomic E-state index is 6.38. The number of hydrogen-bond donors (Lipinski definition) is 1. The summed E-state index contributed by atoms with van der Waals surface area (Å²) < 4.78 is 17.3. The second-order valence-corrected chi connectivity index (χ2v) is 39.5. The molecule has 10 heteroatoms. The van der Waals surface area contributed by atoms with Crippen LogP contribution in [0.15, 0.2) is 530 Å². The van der Waals surface area contributed by atoms with Crippen molar-refractivity contribution in [3.8, 4) is 100 Å². The van der Waals surface area contributed by atoms with Crippen LogP contribution in [0.5, 0.6) is 0 Å². The quantitative estimate of drug-likeness (QED) is 0.0726. The van der Waals surface area contributed by atoms with Crippen molar-refractivity contribution >= 4 is 135 Å². The van der Waals surface area contributed by atoms with Crippen LogP contribution in [-0.4, -0.2) is 18.3 Å². The summed E-state index contributed by atoms with van der Waals surface area (Å²) in [7, 11) is -0.423. The van der Waals surface area contributed by atoms with E-state index >= 15 is 0 Å². The average molecular weight is 2100 g/mol. The van der Waals surface area contributed by atoms with E-state index in [1.807, 2.05) is 54.6 Å². The van der Waals surface area contributed by atoms with Gasteiger partial charge < -0.3 is 24.4 Å². The van der Waals surface area contributed by atoms with Crippen LogP contribution in [0.25, 0.3) is 106 Å². The smallest absolute Gasteiger partial charge is 0.399 e. The van der Waals surface area contributed by atoms with Crippen molar-refractivity contribution in [3.63, 3.8) is 0 Å². The van der Waals surface area contributed by atoms with Gasteiger partial charge in [0.1, 0.15) is 0 Å². The number of nitrogens with zero attached hydrogens (tertiary/aromatic N) is 2. The highest BCUT2D eigenvalue weighted by atomic mass is 127. The zero-order valence-corrected chi connectivity index (χ0v) is 84.5. The minimum Gasteiger partial charge on any atom is -0.399 e. The molecule has 1 fully saturated rings. The number of hydrogen-bond acceptors (Lipinski definition) is 5. The fraction of sp³-hybridized carbons (Fsp3) is 0.0543. The normalized spacial score (nSPS) is 13.4. The maximum Gasteiger partial charge on any atom is 0.494 e. The summed E-state index contributed by atoms with van der Waals surface area (Å²) in [6.45, 7) is 12.3. The summed E-state index contributed by atoms with van der Waals surface area (Å²) in [5.41, 5.74) is 37.6. The van der Waals surface area contributed by atoms with E-state index in [2.05, 4.69) is 581 Å². The Hall–Kier alpha value is -14.3. The van der Waals surface area contributed by atoms with Crippen LogP contribution in [0.2, 0.25) is 0 Å². The number of fused-ring (bicyclic) bond motifs is 10. The van der Waals surface area contributed by atoms with Gasteiger partial charge in [0.2, 0.25) is 0 Å². The van der Waals surface area contributed by atoms with E-state index in [9.17, 15) is 0 Å². The van der Waals surface area contributed by atoms with Crippen molar-refractivity contribution < 1.29 is 9.31 Å². The number of anilines is 8. The first kappa shape index (κ1) is 93.7. The van der Waals surface area contributed by atoms with Crippen LogP contribution < -0.4 is 20.6 Å². The lowest BCUT2D eigenvalue weighted by molar-refractivity contribution is 0.00578. The SMILES string of the molecule is Brc1cccc(I)c1.Brc1cccc(N(c2ccc(-c3ccccc3)cc2)c2ccc(-c3ccccc3)cc2)c1.C=Cc1ccc(-c2ccc3c(c2)C2(c4ccccc4-c4ccc(Br)cc42)c2ccccc2-3)cc1.CC1(C)OB(c2cccc(N(c3ccc(-c4ccccc4)cc3)c3ccc(-c4ccccc4)cc3)c2)OC1(C)C.c1ccc(-c2ccc(Nc3ccc(-c4ccccc4)cc3)cc2)cc1. The lowest BCUT2D eigenvalue weighted by Gasteiger charge is -2.32. The Morgan fingerprint density at radius 1 is 0.252 bits per heavy atom. The Morgan fingerprint density at radius 3 is 0.899 bits per heavy atom. The zero-order chi connectivity index (χ0) is 95.2. The predicted molar refractivity (Wildman–Crippen MR) is 607 cm³/mol. The number of rotatable bonds is 17. The average Bonchev–Trinajstić information content (AvgIpc) is 1.50. The zero-order valence-electron chi connectivity index (χ0n) is 77.6. The summed E-state index contributed by atoms with van der Waals surface area (Å²) >= 11 is 13.0. The van der Waals surface area contributed by atoms with E-state index in [-0.39, 0.29) is 5.41 Å². The second-order valence-electron chi connectivity index (χ2n) is 35.6. The minimum atomic E-state index is -0.423. The summed E-state index contributed by atoms with van der Waals surface area (Å²) in [5, 5.41) is 3.46. The van der Waals surface area contributed by atoms with E-state index in [0.717, 1.165) is 69.9 Å². The molecule has 2 aliphatic carbocycles. The second kappa shape index (κ2) is 42.8. The molecule has 0 saturated carbocycles. The van der Waals surface area contributed by atoms with Crippen LogP contribution in [0.4, 0.5) is 45.5 Å². The topological polar surface area (TPSA) is 37.0 Å². The van der Waals surface area contributed by atoms with Gasteiger partial charge in [-0.05, 0) is 323 Å². The van der Waals surface area contributed by atoms with Gasteiger partial charge in [0.25, 0.3) is 0 Å². The van der Waals surface area contributed by atoms with Crippen molar-refractivity contribution in [3.05, 3.63) is 561 Å². The van der Waals surface area contributed by atoms with E-state index in [1.54, 1.807) is 0 Å². The molecule has 674 valence electrons. The number of benzene rings is 20. The van der Waals surface area contributed by atoms with Gasteiger partial charge >= 0.3 is 7.12 Å². The highest BCUT2D eigenvalue weighted by Crippen LogP contribution is 2.64. The molecular formula is C129H100BBr3IN3O2. The van der Waals surface area contributed by atoms with Gasteiger partial charge in [-0.25, -0.2) is 0 Å². The third-order valence-electron chi connectivity index (χ3n) is 26.2. The van der Waals surface area contributed by atoms with E-state index in [0.29, 0.717) is 0 Å². The molecule has 139 heavy (non-hydrogen) atoms. The molecule has 0 aromatic heterocycles. The van der Waals surface area contributed by atoms with E-state index in [1.165, 1.54) is 126 Å². The van der Waals surface area contributed by atoms with E-state index < -0.39 is 18.3 Å². The molecule has 1 heterocycles. The molecule has 0 radical (unpaired) electrons. The van der Waals surface area contributed by atoms with Crippen LogP contribution in [0, 0.1) is 3.57 Å². The van der Waals surface area contributed by atoms with Gasteiger partial charge in [-0.15, -0.1) is 0 Å². The molecule has 1 atom stereocenters. The summed E-state index contributed by atoms with van der Waals surface area (Å²) in [4.78, 5) is 4.58. The predicted octanol–water partition coefficient (Wildman–Crippen LogP) is 37.0. The first-order valence-corrected chi connectivity index (χ1v) is 50.2. The lowest BCUT2D eigenvalue weighted by Crippen LogP contribution is -2.41. The Morgan fingerprint density at radius 2 is 0.540 bits per heavy atom. The number of halogens is 4. The molecule has 23 rings (SSSR count). The molecule has 0 amide bonds. The summed E-state index contributed by atoms with van der Waals surface area (Å²) in [5.74, 6) is 0. The Balaban J connectivity index is 0.000000116. The first-order chi connectivity index (χ1) is 68.0. The molecule has 20 aromatic carbocycles. The Bertz CT molecular complexity index is 7300. The van der Waals surface area contributed by atoms with Crippen LogP contribution >= 0.6 is 70.4 Å². The van der Waals surface area contributed by atoms with Crippen LogP contribution in [-0.2, 0) is 14.7 Å². The van der Waals surface area contributed by atoms with Gasteiger partial charge in [0.15, 0.2) is 0 Å². The van der Waals surface area contributed by atoms with Gasteiger partial charge in [-0.3, -0.25) is 0 Å². The molecule has 3 aliphatic rings. The molecular weight excluding hydrogens is 2000 g/mol. The van der Waals surface area contributed by atoms with Crippen LogP contribution in [0.3, 0.4) is 0 Å². The molecule has 0 bridgehead atoms. The third-order valence-corrected chi connectivity index (χ3v) is 28.4. The van der Waals surface area contributed by atoms with Gasteiger partial charge in [0, 0.05) is 62.5 Å². The molecule has 1 saturated heterocycles. The van der Waals surface area contributed by atoms with Crippen molar-refractivity contribution in [1.29, 1.82) is 0 Å². The first-order valence-electron chi connectivity index (χ1n) is 46.8. The fourth-order valence-corrected chi connectivity index (χ4v) is 20.6. The summed E-state index contributed by atoms with van der Waals surface area (Å²) in [6.07, 6.45) is 1.89. The standard InChI is InChI=1S/C36H34BNO2.C33H21Br.C30H22BrN.C24H19N.C6H4BrI/c1-35(2)36(3,4)40-37(39-35)31-16-11-17-34(26-31)38(32-22-18-29(19-23-32)27-12-7-5-8-13-27)33-24-20-30(21-25-33)28-14-9-6-10-15-28;1-2-21-11-13-22(14-12-21)23-15-17-27-25-7-3-5-9-29(25)33(31(27)19-23)30-10-6-4-8-26(30)28-18-16-24(34)20-32(28)33;31-27-12-7-13-30(22-27)32(28-18-14-25(15-19-28)23-8-3-1-4-9-23)29-20-16-26(17-21-29)24-10-5-2-6-11-24;1-3-7-19(8-4-1)21-11-15-23(16-12-21)25-24-17-13-22(14-18-24)20-9-5-2-6-10-20;7-5-2-1-3-6(8)4-5/h5-26H,1-4H3;2-20H,1H2;1-22H;1-18,25H;1-4H. The third kappa shape index (κ3) is 21.1. The Kier molecular flexibility index (Phi) is 28.8. The monoisotopic (exact) mass is 2100 g/mol. The molecule has 1 spiro atoms. The maximum atomic E-state index is 6.38. The van der Waals surface area contributed by atoms with Gasteiger partial charge in [-0.1, -0.05) is 430 Å². The van der Waals surface area contributed by atoms with Gasteiger partial charge in [0.05, 0.1) is 16.6 Å². The molecule has 1 aliphatic heterocycles.